The van der Waals surface area contributed by atoms with Crippen LogP contribution in [0.15, 0.2) is 12.2 Å². The molecule has 0 aromatic heterocycles. The molecule has 2 aliphatic rings. The molecule has 1 aliphatic heterocycles. The van der Waals surface area contributed by atoms with E-state index in [1.54, 1.807) is 0 Å². The summed E-state index contributed by atoms with van der Waals surface area (Å²) in [6, 6.07) is 0. The molecule has 0 saturated carbocycles. The van der Waals surface area contributed by atoms with Crippen molar-refractivity contribution in [1.82, 2.24) is 4.90 Å². The molecule has 1 aliphatic carbocycles. The van der Waals surface area contributed by atoms with E-state index >= 15 is 0 Å². The Bertz CT molecular complexity index is 348. The standard InChI is InChI=1S/C11H13NO4/c13-9(14)5-6-12-10(15)7-3-1-2-4-8(7)11(12)16/h1-2,7-8H,3-6H2,(H,13,14)/t7-,8-/m0/s1. The van der Waals surface area contributed by atoms with Crippen molar-refractivity contribution in [2.24, 2.45) is 11.8 Å². The van der Waals surface area contributed by atoms with Gasteiger partial charge in [-0.25, -0.2) is 0 Å². The van der Waals surface area contributed by atoms with Gasteiger partial charge in [-0.05, 0) is 12.8 Å². The zero-order chi connectivity index (χ0) is 11.7. The number of amides is 2. The highest BCUT2D eigenvalue weighted by Crippen LogP contribution is 2.34. The average Bonchev–Trinajstić information content (AvgIpc) is 2.50. The van der Waals surface area contributed by atoms with Crippen molar-refractivity contribution in [2.75, 3.05) is 6.54 Å². The van der Waals surface area contributed by atoms with Crippen LogP contribution in [-0.4, -0.2) is 34.3 Å². The third-order valence-corrected chi connectivity index (χ3v) is 3.15. The number of fused-ring (bicyclic) bond motifs is 1. The predicted molar refractivity (Wildman–Crippen MR) is 54.3 cm³/mol. The monoisotopic (exact) mass is 223 g/mol. The second kappa shape index (κ2) is 4.08. The van der Waals surface area contributed by atoms with Crippen LogP contribution in [0.25, 0.3) is 0 Å². The number of allylic oxidation sites excluding steroid dienone is 2. The van der Waals surface area contributed by atoms with E-state index in [0.717, 1.165) is 4.90 Å². The summed E-state index contributed by atoms with van der Waals surface area (Å²) >= 11 is 0. The maximum atomic E-state index is 11.8. The van der Waals surface area contributed by atoms with Gasteiger partial charge in [0, 0.05) is 6.54 Å². The minimum Gasteiger partial charge on any atom is -0.481 e. The minimum absolute atomic E-state index is 0. The number of hydrogen-bond donors (Lipinski definition) is 1. The number of likely N-dealkylation sites (tertiary alicyclic amines) is 1. The molecule has 0 bridgehead atoms. The second-order valence-electron chi connectivity index (χ2n) is 4.13. The molecule has 0 radical (unpaired) electrons. The van der Waals surface area contributed by atoms with Gasteiger partial charge in [0.05, 0.1) is 18.3 Å². The molecule has 1 saturated heterocycles. The summed E-state index contributed by atoms with van der Waals surface area (Å²) in [5.74, 6) is -1.92. The fourth-order valence-electron chi connectivity index (χ4n) is 2.30. The van der Waals surface area contributed by atoms with Crippen LogP contribution in [0.1, 0.15) is 19.3 Å². The third kappa shape index (κ3) is 1.73. The maximum absolute atomic E-state index is 11.8. The highest BCUT2D eigenvalue weighted by molar-refractivity contribution is 6.05. The minimum atomic E-state index is -0.992. The van der Waals surface area contributed by atoms with Gasteiger partial charge < -0.3 is 5.11 Å². The molecule has 5 heteroatoms. The summed E-state index contributed by atoms with van der Waals surface area (Å²) < 4.78 is 0. The summed E-state index contributed by atoms with van der Waals surface area (Å²) in [7, 11) is 0. The molecule has 1 N–H and O–H groups in total. The van der Waals surface area contributed by atoms with Crippen molar-refractivity contribution in [2.45, 2.75) is 19.3 Å². The van der Waals surface area contributed by atoms with E-state index in [-0.39, 0.29) is 36.6 Å². The Morgan fingerprint density at radius 1 is 1.25 bits per heavy atom. The lowest BCUT2D eigenvalue weighted by Gasteiger charge is -2.14. The van der Waals surface area contributed by atoms with E-state index in [2.05, 4.69) is 0 Å². The highest BCUT2D eigenvalue weighted by atomic mass is 16.4. The van der Waals surface area contributed by atoms with E-state index in [0.29, 0.717) is 12.8 Å². The molecule has 86 valence electrons. The second-order valence-corrected chi connectivity index (χ2v) is 4.13. The number of carboxylic acid groups (broad SMARTS) is 1. The molecule has 0 spiro atoms. The van der Waals surface area contributed by atoms with Gasteiger partial charge in [0.1, 0.15) is 0 Å². The van der Waals surface area contributed by atoms with Crippen LogP contribution in [-0.2, 0) is 14.4 Å². The van der Waals surface area contributed by atoms with E-state index in [4.69, 9.17) is 5.11 Å². The highest BCUT2D eigenvalue weighted by Gasteiger charge is 2.46. The Morgan fingerprint density at radius 3 is 2.19 bits per heavy atom. The number of carbonyl (C=O) groups is 3. The van der Waals surface area contributed by atoms with Gasteiger partial charge in [0.25, 0.3) is 0 Å². The number of nitrogens with zero attached hydrogens (tertiary/aromatic N) is 1. The average molecular weight is 223 g/mol. The smallest absolute Gasteiger partial charge is 0.305 e. The molecular formula is C11H13NO4. The Morgan fingerprint density at radius 2 is 1.75 bits per heavy atom. The largest absolute Gasteiger partial charge is 0.481 e. The first-order chi connectivity index (χ1) is 7.61. The van der Waals surface area contributed by atoms with Crippen LogP contribution in [0.3, 0.4) is 0 Å². The molecular weight excluding hydrogens is 210 g/mol. The van der Waals surface area contributed by atoms with Crippen molar-refractivity contribution in [3.05, 3.63) is 12.2 Å². The third-order valence-electron chi connectivity index (χ3n) is 3.15. The lowest BCUT2D eigenvalue weighted by Crippen LogP contribution is -2.33. The van der Waals surface area contributed by atoms with Gasteiger partial charge in [-0.15, -0.1) is 0 Å². The topological polar surface area (TPSA) is 74.7 Å². The summed E-state index contributed by atoms with van der Waals surface area (Å²) in [6.07, 6.45) is 4.84. The van der Waals surface area contributed by atoms with E-state index < -0.39 is 5.97 Å². The Balaban J connectivity index is 2.08. The van der Waals surface area contributed by atoms with Gasteiger partial charge in [0.2, 0.25) is 11.8 Å². The van der Waals surface area contributed by atoms with Crippen LogP contribution in [0.2, 0.25) is 0 Å². The van der Waals surface area contributed by atoms with E-state index in [1.807, 2.05) is 12.2 Å². The van der Waals surface area contributed by atoms with Crippen molar-refractivity contribution >= 4 is 17.8 Å². The molecule has 1 heterocycles. The van der Waals surface area contributed by atoms with E-state index in [9.17, 15) is 14.4 Å². The molecule has 0 unspecified atom stereocenters. The van der Waals surface area contributed by atoms with Crippen molar-refractivity contribution in [3.63, 3.8) is 0 Å². The molecule has 16 heavy (non-hydrogen) atoms. The number of hydrogen-bond acceptors (Lipinski definition) is 3. The number of carbonyl (C=O) groups excluding carboxylic acids is 2. The van der Waals surface area contributed by atoms with Crippen LogP contribution < -0.4 is 0 Å². The number of rotatable bonds is 3. The molecule has 0 aromatic carbocycles. The fourth-order valence-corrected chi connectivity index (χ4v) is 2.30. The Hall–Kier alpha value is -1.65. The number of carboxylic acids is 1. The van der Waals surface area contributed by atoms with Crippen LogP contribution in [0, 0.1) is 11.8 Å². The summed E-state index contributed by atoms with van der Waals surface area (Å²) in [6.45, 7) is 0. The molecule has 0 aromatic rings. The van der Waals surface area contributed by atoms with Gasteiger partial charge in [-0.3, -0.25) is 19.3 Å². The fraction of sp³-hybridized carbons (Fsp3) is 0.545. The molecule has 2 atom stereocenters. The predicted octanol–water partition coefficient (Wildman–Crippen LogP) is 0.412. The lowest BCUT2D eigenvalue weighted by molar-refractivity contribution is -0.142. The van der Waals surface area contributed by atoms with Crippen molar-refractivity contribution in [1.29, 1.82) is 0 Å². The molecule has 2 rings (SSSR count). The molecule has 1 fully saturated rings. The van der Waals surface area contributed by atoms with Crippen molar-refractivity contribution < 1.29 is 19.5 Å². The Labute approximate surface area is 92.7 Å². The van der Waals surface area contributed by atoms with Gasteiger partial charge >= 0.3 is 5.97 Å². The normalized spacial score (nSPS) is 28.4. The summed E-state index contributed by atoms with van der Waals surface area (Å²) in [5.41, 5.74) is 0. The zero-order valence-corrected chi connectivity index (χ0v) is 8.76. The lowest BCUT2D eigenvalue weighted by atomic mass is 9.85. The Kier molecular flexibility index (Phi) is 2.77. The first-order valence-corrected chi connectivity index (χ1v) is 5.33. The van der Waals surface area contributed by atoms with Crippen molar-refractivity contribution in [3.8, 4) is 0 Å². The van der Waals surface area contributed by atoms with Crippen LogP contribution in [0.4, 0.5) is 0 Å². The zero-order valence-electron chi connectivity index (χ0n) is 8.76. The van der Waals surface area contributed by atoms with Gasteiger partial charge in [-0.2, -0.15) is 0 Å². The van der Waals surface area contributed by atoms with E-state index in [1.165, 1.54) is 0 Å². The van der Waals surface area contributed by atoms with Crippen LogP contribution >= 0.6 is 0 Å². The van der Waals surface area contributed by atoms with Crippen LogP contribution in [0.5, 0.6) is 0 Å². The quantitative estimate of drug-likeness (QED) is 0.555. The molecule has 5 nitrogen and oxygen atoms in total. The maximum Gasteiger partial charge on any atom is 0.305 e. The SMILES string of the molecule is O=C(O)CCN1C(=O)[C@H]2CC=CC[C@@H]2C1=O. The summed E-state index contributed by atoms with van der Waals surface area (Å²) in [4.78, 5) is 35.2. The first-order valence-electron chi connectivity index (χ1n) is 5.33. The molecule has 2 amide bonds. The number of imide groups is 1. The summed E-state index contributed by atoms with van der Waals surface area (Å²) in [5, 5.41) is 8.54. The number of aliphatic carboxylic acids is 1. The van der Waals surface area contributed by atoms with Gasteiger partial charge in [0.15, 0.2) is 0 Å². The first kappa shape index (κ1) is 10.9. The van der Waals surface area contributed by atoms with Gasteiger partial charge in [-0.1, -0.05) is 12.2 Å².